The third kappa shape index (κ3) is 3.19. The number of aryl methyl sites for hydroxylation is 1. The molecule has 0 bridgehead atoms. The van der Waals surface area contributed by atoms with Crippen LogP contribution < -0.4 is 4.90 Å². The van der Waals surface area contributed by atoms with Gasteiger partial charge in [-0.15, -0.1) is 11.3 Å². The second-order valence-electron chi connectivity index (χ2n) is 6.46. The molecule has 2 aliphatic rings. The van der Waals surface area contributed by atoms with Gasteiger partial charge in [-0.1, -0.05) is 0 Å². The van der Waals surface area contributed by atoms with Gasteiger partial charge in [0.15, 0.2) is 0 Å². The number of ether oxygens (including phenoxy) is 1. The Morgan fingerprint density at radius 2 is 2.12 bits per heavy atom. The molecular weight excluding hydrogens is 348 g/mol. The van der Waals surface area contributed by atoms with Gasteiger partial charge in [0.1, 0.15) is 0 Å². The summed E-state index contributed by atoms with van der Waals surface area (Å²) < 4.78 is 5.10. The first-order chi connectivity index (χ1) is 12.7. The highest BCUT2D eigenvalue weighted by atomic mass is 32.1. The highest BCUT2D eigenvalue weighted by molar-refractivity contribution is 7.09. The van der Waals surface area contributed by atoms with Crippen LogP contribution in [0.15, 0.2) is 17.6 Å². The topological polar surface area (TPSA) is 58.6 Å². The number of thiazole rings is 1. The Labute approximate surface area is 157 Å². The van der Waals surface area contributed by atoms with Gasteiger partial charge in [-0.05, 0) is 31.6 Å². The molecule has 0 N–H and O–H groups in total. The number of allylic oxidation sites excluding steroid dienone is 1. The van der Waals surface area contributed by atoms with Gasteiger partial charge in [-0.25, -0.2) is 9.78 Å². The molecule has 0 saturated carbocycles. The van der Waals surface area contributed by atoms with E-state index in [4.69, 9.17) is 4.74 Å². The van der Waals surface area contributed by atoms with E-state index in [1.807, 2.05) is 20.0 Å². The Balaban J connectivity index is 1.53. The summed E-state index contributed by atoms with van der Waals surface area (Å²) in [5.74, 6) is 0. The van der Waals surface area contributed by atoms with Crippen LogP contribution >= 0.6 is 11.3 Å². The Morgan fingerprint density at radius 1 is 1.31 bits per heavy atom. The fraction of sp³-hybridized carbons (Fsp3) is 0.421. The molecule has 136 valence electrons. The van der Waals surface area contributed by atoms with E-state index in [1.165, 1.54) is 16.8 Å². The molecule has 26 heavy (non-hydrogen) atoms. The molecule has 2 aromatic heterocycles. The number of piperazine rings is 1. The lowest BCUT2D eigenvalue weighted by atomic mass is 10.1. The average molecular weight is 370 g/mol. The van der Waals surface area contributed by atoms with Crippen molar-refractivity contribution in [2.24, 2.45) is 0 Å². The number of rotatable bonds is 3. The van der Waals surface area contributed by atoms with Gasteiger partial charge in [0.25, 0.3) is 0 Å². The Hall–Kier alpha value is -2.41. The summed E-state index contributed by atoms with van der Waals surface area (Å²) in [5.41, 5.74) is 5.78. The molecule has 6 nitrogen and oxygen atoms in total. The zero-order valence-corrected chi connectivity index (χ0v) is 15.9. The van der Waals surface area contributed by atoms with Crippen molar-refractivity contribution in [1.29, 1.82) is 0 Å². The minimum Gasteiger partial charge on any atom is -0.450 e. The van der Waals surface area contributed by atoms with Gasteiger partial charge in [0.05, 0.1) is 23.0 Å². The number of fused-ring (bicyclic) bond motifs is 1. The molecule has 1 saturated heterocycles. The van der Waals surface area contributed by atoms with Crippen LogP contribution in [0.25, 0.3) is 11.6 Å². The smallest absolute Gasteiger partial charge is 0.409 e. The van der Waals surface area contributed by atoms with E-state index in [0.717, 1.165) is 35.9 Å². The molecule has 0 unspecified atom stereocenters. The summed E-state index contributed by atoms with van der Waals surface area (Å²) in [6.07, 6.45) is 4.72. The van der Waals surface area contributed by atoms with E-state index in [9.17, 15) is 4.79 Å². The molecule has 1 aliphatic carbocycles. The van der Waals surface area contributed by atoms with Crippen molar-refractivity contribution < 1.29 is 9.53 Å². The second kappa shape index (κ2) is 7.07. The minimum absolute atomic E-state index is 0.215. The van der Waals surface area contributed by atoms with Gasteiger partial charge in [0.2, 0.25) is 0 Å². The molecule has 0 atom stereocenters. The molecule has 0 aromatic carbocycles. The van der Waals surface area contributed by atoms with Gasteiger partial charge in [-0.2, -0.15) is 0 Å². The lowest BCUT2D eigenvalue weighted by Gasteiger charge is -2.36. The summed E-state index contributed by atoms with van der Waals surface area (Å²) in [7, 11) is 0. The standard InChI is InChI=1S/C19H22N4O2S/c1-3-25-19(24)23-8-6-22(7-9-23)18-4-5-20-16-11-14(10-15(16)18)17-12-26-13(2)21-17/h4-5,10,12H,3,6-9,11H2,1-2H3. The predicted molar refractivity (Wildman–Crippen MR) is 103 cm³/mol. The van der Waals surface area contributed by atoms with Crippen LogP contribution in [0.1, 0.15) is 28.9 Å². The molecule has 1 aliphatic heterocycles. The number of hydrogen-bond donors (Lipinski definition) is 0. The van der Waals surface area contributed by atoms with E-state index in [-0.39, 0.29) is 6.09 Å². The summed E-state index contributed by atoms with van der Waals surface area (Å²) >= 11 is 1.68. The molecular formula is C19H22N4O2S. The average Bonchev–Trinajstić information content (AvgIpc) is 3.27. The van der Waals surface area contributed by atoms with E-state index < -0.39 is 0 Å². The van der Waals surface area contributed by atoms with E-state index in [0.29, 0.717) is 19.7 Å². The monoisotopic (exact) mass is 370 g/mol. The molecule has 3 heterocycles. The lowest BCUT2D eigenvalue weighted by Crippen LogP contribution is -2.49. The number of anilines is 1. The maximum absolute atomic E-state index is 11.9. The number of carbonyl (C=O) groups excluding carboxylic acids is 1. The van der Waals surface area contributed by atoms with Crippen LogP contribution in [0.4, 0.5) is 10.5 Å². The zero-order chi connectivity index (χ0) is 18.1. The van der Waals surface area contributed by atoms with Crippen molar-refractivity contribution in [3.05, 3.63) is 39.6 Å². The highest BCUT2D eigenvalue weighted by Crippen LogP contribution is 2.36. The molecule has 2 aromatic rings. The first-order valence-electron chi connectivity index (χ1n) is 8.93. The van der Waals surface area contributed by atoms with Gasteiger partial charge >= 0.3 is 6.09 Å². The SMILES string of the molecule is CCOC(=O)N1CCN(c2ccnc3c2C=C(c2csc(C)n2)C3)CC1. The fourth-order valence-corrected chi connectivity index (χ4v) is 4.14. The first kappa shape index (κ1) is 17.0. The molecule has 0 spiro atoms. The Bertz CT molecular complexity index is 853. The summed E-state index contributed by atoms with van der Waals surface area (Å²) in [4.78, 5) is 25.2. The highest BCUT2D eigenvalue weighted by Gasteiger charge is 2.26. The summed E-state index contributed by atoms with van der Waals surface area (Å²) in [6.45, 7) is 7.24. The Kier molecular flexibility index (Phi) is 4.63. The predicted octanol–water partition coefficient (Wildman–Crippen LogP) is 3.22. The third-order valence-electron chi connectivity index (χ3n) is 4.82. The van der Waals surface area contributed by atoms with Crippen LogP contribution in [-0.4, -0.2) is 53.7 Å². The number of carbonyl (C=O) groups is 1. The van der Waals surface area contributed by atoms with Crippen molar-refractivity contribution >= 4 is 34.8 Å². The van der Waals surface area contributed by atoms with Crippen molar-refractivity contribution in [2.45, 2.75) is 20.3 Å². The molecule has 0 radical (unpaired) electrons. The van der Waals surface area contributed by atoms with Crippen molar-refractivity contribution in [3.63, 3.8) is 0 Å². The van der Waals surface area contributed by atoms with E-state index >= 15 is 0 Å². The molecule has 4 rings (SSSR count). The summed E-state index contributed by atoms with van der Waals surface area (Å²) in [5, 5.41) is 3.20. The molecule has 1 amide bonds. The van der Waals surface area contributed by atoms with E-state index in [1.54, 1.807) is 16.2 Å². The van der Waals surface area contributed by atoms with Crippen molar-refractivity contribution in [1.82, 2.24) is 14.9 Å². The summed E-state index contributed by atoms with van der Waals surface area (Å²) in [6, 6.07) is 2.07. The normalized spacial score (nSPS) is 16.5. The lowest BCUT2D eigenvalue weighted by molar-refractivity contribution is 0.105. The van der Waals surface area contributed by atoms with Crippen LogP contribution in [-0.2, 0) is 11.2 Å². The number of aromatic nitrogens is 2. The van der Waals surface area contributed by atoms with Crippen LogP contribution in [0.5, 0.6) is 0 Å². The second-order valence-corrected chi connectivity index (χ2v) is 7.52. The van der Waals surface area contributed by atoms with Crippen LogP contribution in [0.2, 0.25) is 0 Å². The van der Waals surface area contributed by atoms with Gasteiger partial charge in [-0.3, -0.25) is 4.98 Å². The third-order valence-corrected chi connectivity index (χ3v) is 5.59. The number of hydrogen-bond acceptors (Lipinski definition) is 6. The maximum Gasteiger partial charge on any atom is 0.409 e. The number of pyridine rings is 1. The van der Waals surface area contributed by atoms with Crippen LogP contribution in [0.3, 0.4) is 0 Å². The van der Waals surface area contributed by atoms with Gasteiger partial charge < -0.3 is 14.5 Å². The van der Waals surface area contributed by atoms with Gasteiger partial charge in [0, 0.05) is 55.4 Å². The largest absolute Gasteiger partial charge is 0.450 e. The Morgan fingerprint density at radius 3 is 2.81 bits per heavy atom. The maximum atomic E-state index is 11.9. The quantitative estimate of drug-likeness (QED) is 0.830. The van der Waals surface area contributed by atoms with Crippen LogP contribution in [0, 0.1) is 6.92 Å². The van der Waals surface area contributed by atoms with Crippen molar-refractivity contribution in [2.75, 3.05) is 37.7 Å². The van der Waals surface area contributed by atoms with Crippen molar-refractivity contribution in [3.8, 4) is 0 Å². The fourth-order valence-electron chi connectivity index (χ4n) is 3.50. The molecule has 1 fully saturated rings. The minimum atomic E-state index is -0.215. The van der Waals surface area contributed by atoms with E-state index in [2.05, 4.69) is 32.4 Å². The number of amides is 1. The number of nitrogens with zero attached hydrogens (tertiary/aromatic N) is 4. The molecule has 7 heteroatoms. The zero-order valence-electron chi connectivity index (χ0n) is 15.1. The first-order valence-corrected chi connectivity index (χ1v) is 9.81.